The first-order valence-electron chi connectivity index (χ1n) is 16.8. The summed E-state index contributed by atoms with van der Waals surface area (Å²) in [6.45, 7) is 0. The number of rotatable bonds is 4. The number of para-hydroxylation sites is 1. The summed E-state index contributed by atoms with van der Waals surface area (Å²) >= 11 is 3.74. The third-order valence-corrected chi connectivity index (χ3v) is 12.4. The van der Waals surface area contributed by atoms with Crippen LogP contribution in [0.4, 0.5) is 17.1 Å². The minimum absolute atomic E-state index is 0.886. The molecule has 234 valence electrons. The molecule has 0 saturated carbocycles. The monoisotopic (exact) mass is 673 g/mol. The number of hydrogen-bond donors (Lipinski definition) is 0. The Morgan fingerprint density at radius 2 is 1.02 bits per heavy atom. The second kappa shape index (κ2) is 10.8. The Balaban J connectivity index is 1.06. The van der Waals surface area contributed by atoms with E-state index in [1.165, 1.54) is 62.2 Å². The predicted octanol–water partition coefficient (Wildman–Crippen LogP) is 14.6. The summed E-state index contributed by atoms with van der Waals surface area (Å²) in [5.41, 5.74) is 7.54. The van der Waals surface area contributed by atoms with E-state index < -0.39 is 0 Å². The van der Waals surface area contributed by atoms with E-state index in [1.807, 2.05) is 34.8 Å². The first-order chi connectivity index (χ1) is 24.7. The fraction of sp³-hybridized carbons (Fsp3) is 0. The van der Waals surface area contributed by atoms with Crippen LogP contribution in [0.2, 0.25) is 0 Å². The van der Waals surface area contributed by atoms with Gasteiger partial charge >= 0.3 is 0 Å². The number of fused-ring (bicyclic) bond motifs is 10. The summed E-state index contributed by atoms with van der Waals surface area (Å²) < 4.78 is 11.6. The summed E-state index contributed by atoms with van der Waals surface area (Å²) in [5.74, 6) is 0. The number of nitrogens with zero attached hydrogens (tertiary/aromatic N) is 1. The smallest absolute Gasteiger partial charge is 0.137 e. The molecule has 0 bridgehead atoms. The Bertz CT molecular complexity index is 2990. The highest BCUT2D eigenvalue weighted by molar-refractivity contribution is 7.26. The molecular weight excluding hydrogens is 647 g/mol. The van der Waals surface area contributed by atoms with Gasteiger partial charge < -0.3 is 9.32 Å². The topological polar surface area (TPSA) is 16.4 Å². The summed E-state index contributed by atoms with van der Waals surface area (Å²) in [5, 5.41) is 10.1. The molecule has 0 aliphatic heterocycles. The van der Waals surface area contributed by atoms with Crippen LogP contribution in [0, 0.1) is 0 Å². The Labute approximate surface area is 295 Å². The maximum Gasteiger partial charge on any atom is 0.137 e. The van der Waals surface area contributed by atoms with E-state index in [-0.39, 0.29) is 0 Å². The van der Waals surface area contributed by atoms with Gasteiger partial charge in [0, 0.05) is 74.2 Å². The van der Waals surface area contributed by atoms with Crippen molar-refractivity contribution in [2.24, 2.45) is 0 Å². The number of anilines is 3. The van der Waals surface area contributed by atoms with Crippen LogP contribution in [0.25, 0.3) is 84.2 Å². The van der Waals surface area contributed by atoms with Crippen molar-refractivity contribution >= 4 is 113 Å². The lowest BCUT2D eigenvalue weighted by Crippen LogP contribution is -2.09. The Morgan fingerprint density at radius 1 is 0.380 bits per heavy atom. The molecule has 3 aromatic heterocycles. The SMILES string of the molecule is c1ccc2cc3c(cc2c1)sc1c(-c2ccc(N(c4ccc5c(c4)oc4ccccc45)c4ccc5c(c4)sc4ccccc45)cc2)cccc13. The van der Waals surface area contributed by atoms with Gasteiger partial charge in [0.25, 0.3) is 0 Å². The van der Waals surface area contributed by atoms with Crippen molar-refractivity contribution in [2.75, 3.05) is 4.90 Å². The van der Waals surface area contributed by atoms with Gasteiger partial charge in [-0.15, -0.1) is 22.7 Å². The first kappa shape index (κ1) is 28.0. The van der Waals surface area contributed by atoms with E-state index in [1.54, 1.807) is 0 Å². The minimum atomic E-state index is 0.886. The molecule has 0 N–H and O–H groups in total. The second-order valence-corrected chi connectivity index (χ2v) is 15.1. The molecule has 0 amide bonds. The van der Waals surface area contributed by atoms with Crippen LogP contribution in [0.3, 0.4) is 0 Å². The van der Waals surface area contributed by atoms with Crippen molar-refractivity contribution in [1.82, 2.24) is 0 Å². The van der Waals surface area contributed by atoms with Crippen molar-refractivity contribution in [3.8, 4) is 11.1 Å². The van der Waals surface area contributed by atoms with Gasteiger partial charge in [-0.25, -0.2) is 0 Å². The normalized spacial score (nSPS) is 12.0. The average molecular weight is 674 g/mol. The number of furan rings is 1. The lowest BCUT2D eigenvalue weighted by atomic mass is 10.0. The number of thiophene rings is 2. The molecule has 0 unspecified atom stereocenters. The van der Waals surface area contributed by atoms with Crippen LogP contribution in [0.5, 0.6) is 0 Å². The molecule has 0 saturated heterocycles. The van der Waals surface area contributed by atoms with Gasteiger partial charge in [-0.1, -0.05) is 97.1 Å². The van der Waals surface area contributed by atoms with Crippen LogP contribution in [0.1, 0.15) is 0 Å². The second-order valence-electron chi connectivity index (χ2n) is 12.9. The standard InChI is InChI=1S/C46H27NOS2/c1-2-9-30-25-44-40(24-29(30)8-1)39-13-7-12-34(46(39)50-44)28-16-18-31(19-17-28)47(32-20-22-36-35-10-3-5-14-41(35)48-42(36)26-32)33-21-23-38-37-11-4-6-15-43(37)49-45(38)27-33/h1-27H. The van der Waals surface area contributed by atoms with Crippen LogP contribution in [-0.4, -0.2) is 0 Å². The molecule has 2 nitrogen and oxygen atoms in total. The van der Waals surface area contributed by atoms with E-state index in [4.69, 9.17) is 4.42 Å². The Hall–Kier alpha value is -5.94. The van der Waals surface area contributed by atoms with E-state index in [2.05, 4.69) is 157 Å². The summed E-state index contributed by atoms with van der Waals surface area (Å²) in [6.07, 6.45) is 0. The third kappa shape index (κ3) is 4.26. The molecule has 0 spiro atoms. The zero-order valence-electron chi connectivity index (χ0n) is 26.8. The van der Waals surface area contributed by atoms with Gasteiger partial charge in [0.05, 0.1) is 0 Å². The van der Waals surface area contributed by atoms with Gasteiger partial charge in [-0.05, 0) is 82.6 Å². The zero-order valence-corrected chi connectivity index (χ0v) is 28.4. The molecule has 0 fully saturated rings. The van der Waals surface area contributed by atoms with Gasteiger partial charge in [-0.3, -0.25) is 0 Å². The fourth-order valence-electron chi connectivity index (χ4n) is 7.66. The van der Waals surface area contributed by atoms with Gasteiger partial charge in [-0.2, -0.15) is 0 Å². The van der Waals surface area contributed by atoms with Gasteiger partial charge in [0.15, 0.2) is 0 Å². The van der Waals surface area contributed by atoms with Crippen LogP contribution in [-0.2, 0) is 0 Å². The summed E-state index contributed by atoms with van der Waals surface area (Å²) in [4.78, 5) is 2.35. The number of hydrogen-bond acceptors (Lipinski definition) is 4. The molecule has 3 heterocycles. The maximum atomic E-state index is 6.37. The molecule has 0 atom stereocenters. The van der Waals surface area contributed by atoms with Crippen LogP contribution in [0.15, 0.2) is 168 Å². The molecule has 0 aliphatic carbocycles. The third-order valence-electron chi connectivity index (χ3n) is 10.0. The van der Waals surface area contributed by atoms with E-state index >= 15 is 0 Å². The van der Waals surface area contributed by atoms with Gasteiger partial charge in [0.2, 0.25) is 0 Å². The Morgan fingerprint density at radius 3 is 1.90 bits per heavy atom. The van der Waals surface area contributed by atoms with Crippen molar-refractivity contribution in [2.45, 2.75) is 0 Å². The molecule has 8 aromatic carbocycles. The zero-order chi connectivity index (χ0) is 32.8. The van der Waals surface area contributed by atoms with Crippen molar-refractivity contribution in [3.05, 3.63) is 164 Å². The van der Waals surface area contributed by atoms with Crippen LogP contribution < -0.4 is 4.90 Å². The minimum Gasteiger partial charge on any atom is -0.456 e. The molecule has 4 heteroatoms. The van der Waals surface area contributed by atoms with E-state index in [0.29, 0.717) is 0 Å². The highest BCUT2D eigenvalue weighted by atomic mass is 32.1. The summed E-state index contributed by atoms with van der Waals surface area (Å²) in [6, 6.07) is 59.5. The molecule has 0 aliphatic rings. The van der Waals surface area contributed by atoms with Crippen LogP contribution >= 0.6 is 22.7 Å². The molecule has 50 heavy (non-hydrogen) atoms. The maximum absolute atomic E-state index is 6.37. The molecule has 0 radical (unpaired) electrons. The Kier molecular flexibility index (Phi) is 6.03. The largest absolute Gasteiger partial charge is 0.456 e. The first-order valence-corrected chi connectivity index (χ1v) is 18.5. The predicted molar refractivity (Wildman–Crippen MR) is 217 cm³/mol. The van der Waals surface area contributed by atoms with Crippen molar-refractivity contribution < 1.29 is 4.42 Å². The molecule has 11 aromatic rings. The van der Waals surface area contributed by atoms with E-state index in [0.717, 1.165) is 39.0 Å². The summed E-state index contributed by atoms with van der Waals surface area (Å²) in [7, 11) is 0. The number of benzene rings is 8. The van der Waals surface area contributed by atoms with Gasteiger partial charge in [0.1, 0.15) is 11.2 Å². The van der Waals surface area contributed by atoms with Crippen molar-refractivity contribution in [3.63, 3.8) is 0 Å². The quantitative estimate of drug-likeness (QED) is 0.185. The highest BCUT2D eigenvalue weighted by Gasteiger charge is 2.18. The van der Waals surface area contributed by atoms with Crippen molar-refractivity contribution in [1.29, 1.82) is 0 Å². The molecule has 11 rings (SSSR count). The highest BCUT2D eigenvalue weighted by Crippen LogP contribution is 2.44. The fourth-order valence-corrected chi connectivity index (χ4v) is 10.1. The lowest BCUT2D eigenvalue weighted by molar-refractivity contribution is 0.669. The average Bonchev–Trinajstić information content (AvgIpc) is 3.84. The van der Waals surface area contributed by atoms with E-state index in [9.17, 15) is 0 Å². The molecular formula is C46H27NOS2. The lowest BCUT2D eigenvalue weighted by Gasteiger charge is -2.26.